The van der Waals surface area contributed by atoms with Crippen molar-refractivity contribution in [2.45, 2.75) is 63.1 Å². The maximum atomic E-state index is 16.4. The van der Waals surface area contributed by atoms with Crippen LogP contribution in [0.2, 0.25) is 5.02 Å². The van der Waals surface area contributed by atoms with E-state index in [4.69, 9.17) is 16.3 Å². The summed E-state index contributed by atoms with van der Waals surface area (Å²) in [7, 11) is 0. The Morgan fingerprint density at radius 3 is 2.59 bits per heavy atom. The predicted molar refractivity (Wildman–Crippen MR) is 211 cm³/mol. The Labute approximate surface area is 349 Å². The van der Waals surface area contributed by atoms with Crippen LogP contribution >= 0.6 is 11.6 Å². The molecule has 4 N–H and O–H groups in total. The predicted octanol–water partition coefficient (Wildman–Crippen LogP) is 3.49. The molecular weight excluding hydrogens is 830 g/mol. The second-order valence-electron chi connectivity index (χ2n) is 15.3. The zero-order chi connectivity index (χ0) is 43.2. The Morgan fingerprint density at radius 1 is 1.11 bits per heavy atom. The van der Waals surface area contributed by atoms with Gasteiger partial charge in [-0.15, -0.1) is 5.10 Å². The molecule has 22 heteroatoms. The van der Waals surface area contributed by atoms with Gasteiger partial charge in [0, 0.05) is 49.4 Å². The summed E-state index contributed by atoms with van der Waals surface area (Å²) in [5, 5.41) is 31.4. The molecule has 2 atom stereocenters. The maximum absolute atomic E-state index is 16.4. The first-order valence-electron chi connectivity index (χ1n) is 19.4. The topological polar surface area (TPSA) is 205 Å². The van der Waals surface area contributed by atoms with Crippen molar-refractivity contribution < 1.29 is 42.1 Å². The van der Waals surface area contributed by atoms with Crippen LogP contribution < -0.4 is 21.1 Å². The lowest BCUT2D eigenvalue weighted by molar-refractivity contribution is -0.137. The number of hydrogen-bond acceptors (Lipinski definition) is 13. The SMILES string of the molecule is Cc1ncnc(C(=O)N2CCC(c3c(CO)n(CC(=O)Nc4ccc(C(F)(F)F)cc4Cl)c4nc(-c5ccc(N6CCCC7(COC7)NCC6)nc5)nn4c3=O)C(F)C2)c1O. The monoisotopic (exact) mass is 869 g/mol. The summed E-state index contributed by atoms with van der Waals surface area (Å²) in [6, 6.07) is 5.93. The average molecular weight is 870 g/mol. The Balaban J connectivity index is 1.12. The maximum Gasteiger partial charge on any atom is 0.416 e. The largest absolute Gasteiger partial charge is 0.504 e. The number of aryl methyl sites for hydroxylation is 1. The highest BCUT2D eigenvalue weighted by atomic mass is 35.5. The number of aromatic nitrogens is 7. The van der Waals surface area contributed by atoms with Gasteiger partial charge in [-0.2, -0.15) is 22.7 Å². The molecule has 0 bridgehead atoms. The van der Waals surface area contributed by atoms with Crippen LogP contribution in [0.5, 0.6) is 5.75 Å². The molecular formula is C39H40ClF4N11O6. The van der Waals surface area contributed by atoms with Crippen molar-refractivity contribution in [2.24, 2.45) is 0 Å². The number of pyridine rings is 1. The number of aliphatic hydroxyl groups excluding tert-OH is 1. The van der Waals surface area contributed by atoms with E-state index in [1.165, 1.54) is 11.5 Å². The normalized spacial score (nSPS) is 19.4. The van der Waals surface area contributed by atoms with Gasteiger partial charge in [-0.05, 0) is 56.5 Å². The quantitative estimate of drug-likeness (QED) is 0.165. The third kappa shape index (κ3) is 8.21. The number of piperidine rings is 1. The number of alkyl halides is 4. The van der Waals surface area contributed by atoms with Crippen LogP contribution in [0.3, 0.4) is 0 Å². The van der Waals surface area contributed by atoms with Gasteiger partial charge in [0.15, 0.2) is 17.3 Å². The molecule has 1 spiro atoms. The average Bonchev–Trinajstić information content (AvgIpc) is 3.66. The van der Waals surface area contributed by atoms with Crippen molar-refractivity contribution in [2.75, 3.05) is 56.2 Å². The minimum atomic E-state index is -4.69. The first-order valence-corrected chi connectivity index (χ1v) is 19.8. The zero-order valence-corrected chi connectivity index (χ0v) is 33.4. The van der Waals surface area contributed by atoms with E-state index in [1.807, 2.05) is 0 Å². The number of halogens is 5. The summed E-state index contributed by atoms with van der Waals surface area (Å²) in [5.74, 6) is -2.71. The van der Waals surface area contributed by atoms with Crippen molar-refractivity contribution in [3.05, 3.63) is 86.4 Å². The van der Waals surface area contributed by atoms with Crippen LogP contribution in [-0.2, 0) is 28.9 Å². The van der Waals surface area contributed by atoms with Crippen LogP contribution in [0.15, 0.2) is 47.7 Å². The molecule has 0 aliphatic carbocycles. The number of fused-ring (bicyclic) bond motifs is 1. The van der Waals surface area contributed by atoms with E-state index in [0.29, 0.717) is 37.2 Å². The second-order valence-corrected chi connectivity index (χ2v) is 15.7. The lowest BCUT2D eigenvalue weighted by Crippen LogP contribution is -2.62. The van der Waals surface area contributed by atoms with Crippen molar-refractivity contribution in [1.29, 1.82) is 0 Å². The highest BCUT2D eigenvalue weighted by molar-refractivity contribution is 6.33. The molecule has 0 saturated carbocycles. The molecule has 3 aliphatic rings. The number of nitrogens with one attached hydrogen (secondary N) is 2. The van der Waals surface area contributed by atoms with Crippen molar-refractivity contribution in [1.82, 2.24) is 44.3 Å². The van der Waals surface area contributed by atoms with E-state index in [2.05, 4.69) is 40.6 Å². The molecule has 3 saturated heterocycles. The molecule has 2 amide bonds. The Hall–Kier alpha value is -5.77. The third-order valence-electron chi connectivity index (χ3n) is 11.4. The van der Waals surface area contributed by atoms with E-state index < -0.39 is 71.7 Å². The van der Waals surface area contributed by atoms with E-state index in [-0.39, 0.29) is 58.4 Å². The summed E-state index contributed by atoms with van der Waals surface area (Å²) < 4.78 is 63.8. The Bertz CT molecular complexity index is 2540. The van der Waals surface area contributed by atoms with Gasteiger partial charge in [0.05, 0.1) is 59.6 Å². The molecule has 322 valence electrons. The number of rotatable bonds is 8. The smallest absolute Gasteiger partial charge is 0.416 e. The van der Waals surface area contributed by atoms with Crippen molar-refractivity contribution in [3.8, 4) is 17.1 Å². The second kappa shape index (κ2) is 16.6. The van der Waals surface area contributed by atoms with Crippen molar-refractivity contribution >= 4 is 40.7 Å². The molecule has 2 unspecified atom stereocenters. The molecule has 3 fully saturated rings. The molecule has 61 heavy (non-hydrogen) atoms. The number of hydrogen-bond donors (Lipinski definition) is 4. The zero-order valence-electron chi connectivity index (χ0n) is 32.6. The summed E-state index contributed by atoms with van der Waals surface area (Å²) in [4.78, 5) is 61.6. The summed E-state index contributed by atoms with van der Waals surface area (Å²) in [6.45, 7) is 2.96. The van der Waals surface area contributed by atoms with Crippen LogP contribution in [0.1, 0.15) is 58.2 Å². The minimum absolute atomic E-state index is 0.0237. The fraction of sp³-hybridized carbons (Fsp3) is 0.436. The van der Waals surface area contributed by atoms with Crippen LogP contribution in [0.25, 0.3) is 17.2 Å². The fourth-order valence-corrected chi connectivity index (χ4v) is 8.29. The van der Waals surface area contributed by atoms with Gasteiger partial charge in [0.1, 0.15) is 24.9 Å². The van der Waals surface area contributed by atoms with Gasteiger partial charge in [-0.1, -0.05) is 11.6 Å². The standard InChI is InChI=1S/C39H40ClF4N11O6/c1-21-33(58)32(47-20-46-21)36(60)53-11-7-24(26(41)15-53)31-28(17-56)54(16-30(57)49-27-5-4-23(13-25(27)40)39(42,43)44)37-50-34(51-55(37)35(31)59)22-3-6-29(45-14-22)52-10-2-8-38(18-61-19-38)48-9-12-52/h3-6,13-14,20,24,26,48,56,58H,2,7-12,15-19H2,1H3,(H,49,57). The van der Waals surface area contributed by atoms with Gasteiger partial charge in [0.2, 0.25) is 11.7 Å². The number of aromatic hydroxyl groups is 1. The molecule has 17 nitrogen and oxygen atoms in total. The first-order chi connectivity index (χ1) is 29.2. The van der Waals surface area contributed by atoms with Crippen LogP contribution in [0.4, 0.5) is 29.1 Å². The molecule has 5 aromatic rings. The number of ether oxygens (including phenoxy) is 1. The van der Waals surface area contributed by atoms with Gasteiger partial charge in [-0.25, -0.2) is 19.3 Å². The van der Waals surface area contributed by atoms with E-state index in [9.17, 15) is 37.8 Å². The molecule has 8 rings (SSSR count). The molecule has 0 radical (unpaired) electrons. The lowest BCUT2D eigenvalue weighted by atomic mass is 9.87. The molecule has 7 heterocycles. The van der Waals surface area contributed by atoms with Crippen molar-refractivity contribution in [3.63, 3.8) is 0 Å². The number of nitrogens with zero attached hydrogens (tertiary/aromatic N) is 9. The summed E-state index contributed by atoms with van der Waals surface area (Å²) in [5.41, 5.74) is -2.12. The fourth-order valence-electron chi connectivity index (χ4n) is 8.06. The van der Waals surface area contributed by atoms with E-state index in [0.717, 1.165) is 53.8 Å². The highest BCUT2D eigenvalue weighted by Gasteiger charge is 2.40. The Morgan fingerprint density at radius 2 is 1.92 bits per heavy atom. The molecule has 3 aliphatic heterocycles. The number of carbonyl (C=O) groups is 2. The third-order valence-corrected chi connectivity index (χ3v) is 11.7. The summed E-state index contributed by atoms with van der Waals surface area (Å²) in [6.07, 6.45) is -2.15. The minimum Gasteiger partial charge on any atom is -0.504 e. The number of benzene rings is 1. The van der Waals surface area contributed by atoms with Gasteiger partial charge in [0.25, 0.3) is 11.5 Å². The van der Waals surface area contributed by atoms with Crippen LogP contribution in [0, 0.1) is 6.92 Å². The van der Waals surface area contributed by atoms with Gasteiger partial charge >= 0.3 is 6.18 Å². The first kappa shape index (κ1) is 41.9. The number of likely N-dealkylation sites (tertiary alicyclic amines) is 1. The van der Waals surface area contributed by atoms with Gasteiger partial charge in [-0.3, -0.25) is 14.4 Å². The number of aliphatic hydroxyl groups is 1. The molecule has 1 aromatic carbocycles. The van der Waals surface area contributed by atoms with Gasteiger partial charge < -0.3 is 40.0 Å². The van der Waals surface area contributed by atoms with Crippen LogP contribution in [-0.4, -0.2) is 119 Å². The summed E-state index contributed by atoms with van der Waals surface area (Å²) >= 11 is 6.12. The Kier molecular flexibility index (Phi) is 11.4. The number of amides is 2. The number of anilines is 2. The van der Waals surface area contributed by atoms with E-state index >= 15 is 4.39 Å². The highest BCUT2D eigenvalue weighted by Crippen LogP contribution is 2.35. The number of carbonyl (C=O) groups excluding carboxylic acids is 2. The van der Waals surface area contributed by atoms with E-state index in [1.54, 1.807) is 18.3 Å². The lowest BCUT2D eigenvalue weighted by Gasteiger charge is -2.44. The molecule has 4 aromatic heterocycles.